The largest absolute Gasteiger partial charge is 0.465 e. The Labute approximate surface area is 373 Å². The highest BCUT2D eigenvalue weighted by Crippen LogP contribution is 2.40. The van der Waals surface area contributed by atoms with Gasteiger partial charge in [-0.1, -0.05) is 36.1 Å². The van der Waals surface area contributed by atoms with Gasteiger partial charge in [0.1, 0.15) is 23.7 Å². The molecule has 0 unspecified atom stereocenters. The van der Waals surface area contributed by atoms with Crippen molar-refractivity contribution in [1.82, 2.24) is 39.5 Å². The Hall–Kier alpha value is -6.18. The third kappa shape index (κ3) is 9.23. The highest BCUT2D eigenvalue weighted by atomic mass is 16.5. The molecular formula is C48H58N8O8. The number of ether oxygens (including phenoxy) is 2. The van der Waals surface area contributed by atoms with Crippen molar-refractivity contribution in [3.63, 3.8) is 0 Å². The van der Waals surface area contributed by atoms with Crippen LogP contribution in [0.25, 0.3) is 22.5 Å². The summed E-state index contributed by atoms with van der Waals surface area (Å²) >= 11 is 0. The monoisotopic (exact) mass is 874 g/mol. The number of hydrogen-bond acceptors (Lipinski definition) is 8. The average Bonchev–Trinajstić information content (AvgIpc) is 4.14. The first kappa shape index (κ1) is 44.4. The molecule has 4 aliphatic heterocycles. The van der Waals surface area contributed by atoms with Gasteiger partial charge in [-0.25, -0.2) is 19.6 Å². The van der Waals surface area contributed by atoms with Crippen LogP contribution in [-0.2, 0) is 19.1 Å². The molecule has 6 atom stereocenters. The van der Waals surface area contributed by atoms with Crippen LogP contribution in [0.3, 0.4) is 0 Å². The summed E-state index contributed by atoms with van der Waals surface area (Å²) in [6.45, 7) is 6.07. The number of rotatable bonds is 10. The molecule has 0 spiro atoms. The molecule has 2 aromatic heterocycles. The van der Waals surface area contributed by atoms with Crippen LogP contribution in [-0.4, -0.2) is 138 Å². The summed E-state index contributed by atoms with van der Waals surface area (Å²) in [5.41, 5.74) is 4.96. The summed E-state index contributed by atoms with van der Waals surface area (Å²) in [5.74, 6) is 7.27. The topological polar surface area (TPSA) is 198 Å². The first-order valence-corrected chi connectivity index (χ1v) is 22.4. The third-order valence-corrected chi connectivity index (χ3v) is 13.8. The molecule has 16 nitrogen and oxygen atoms in total. The van der Waals surface area contributed by atoms with E-state index in [4.69, 9.17) is 19.4 Å². The molecule has 64 heavy (non-hydrogen) atoms. The lowest BCUT2D eigenvalue weighted by Gasteiger charge is -2.39. The summed E-state index contributed by atoms with van der Waals surface area (Å²) in [5, 5.41) is 19.8. The van der Waals surface area contributed by atoms with Crippen molar-refractivity contribution in [2.75, 3.05) is 40.5 Å². The molecule has 4 aromatic rings. The van der Waals surface area contributed by atoms with Crippen molar-refractivity contribution in [2.45, 2.75) is 101 Å². The van der Waals surface area contributed by atoms with Gasteiger partial charge < -0.3 is 39.5 Å². The van der Waals surface area contributed by atoms with Gasteiger partial charge in [0.05, 0.1) is 23.5 Å². The molecule has 2 aromatic carbocycles. The number of aromatic nitrogens is 4. The van der Waals surface area contributed by atoms with Gasteiger partial charge in [0.15, 0.2) is 0 Å². The van der Waals surface area contributed by atoms with Gasteiger partial charge in [-0.3, -0.25) is 19.4 Å². The van der Waals surface area contributed by atoms with E-state index in [-0.39, 0.29) is 47.8 Å². The molecule has 4 fully saturated rings. The minimum atomic E-state index is -1.12. The van der Waals surface area contributed by atoms with Crippen LogP contribution in [0.4, 0.5) is 9.59 Å². The molecule has 4 saturated heterocycles. The lowest BCUT2D eigenvalue weighted by atomic mass is 9.89. The van der Waals surface area contributed by atoms with Crippen LogP contribution in [0.15, 0.2) is 60.9 Å². The molecule has 0 bridgehead atoms. The molecule has 8 rings (SSSR count). The number of H-pyrrole nitrogens is 2. The van der Waals surface area contributed by atoms with Gasteiger partial charge in [0, 0.05) is 87.3 Å². The second-order valence-electron chi connectivity index (χ2n) is 17.7. The van der Waals surface area contributed by atoms with Crippen LogP contribution < -0.4 is 0 Å². The number of likely N-dealkylation sites (N-methyl/N-ethyl adjacent to an activating group) is 2. The van der Waals surface area contributed by atoms with Gasteiger partial charge in [-0.2, -0.15) is 0 Å². The van der Waals surface area contributed by atoms with E-state index in [9.17, 15) is 29.4 Å². The maximum Gasteiger partial charge on any atom is 0.407 e. The first-order valence-electron chi connectivity index (χ1n) is 22.4. The van der Waals surface area contributed by atoms with Crippen LogP contribution in [0.2, 0.25) is 0 Å². The van der Waals surface area contributed by atoms with Crippen molar-refractivity contribution in [3.8, 4) is 34.4 Å². The molecule has 0 aliphatic carbocycles. The number of benzene rings is 2. The number of nitrogens with one attached hydrogen (secondary N) is 2. The first-order chi connectivity index (χ1) is 30.9. The fourth-order valence-electron chi connectivity index (χ4n) is 10.1. The third-order valence-electron chi connectivity index (χ3n) is 13.8. The highest BCUT2D eigenvalue weighted by Gasteiger charge is 2.46. The van der Waals surface area contributed by atoms with Crippen LogP contribution in [0.5, 0.6) is 0 Å². The number of amides is 4. The summed E-state index contributed by atoms with van der Waals surface area (Å²) in [6, 6.07) is 13.4. The van der Waals surface area contributed by atoms with Crippen molar-refractivity contribution in [2.24, 2.45) is 11.8 Å². The fourth-order valence-corrected chi connectivity index (χ4v) is 10.1. The molecule has 4 amide bonds. The number of carbonyl (C=O) groups excluding carboxylic acids is 2. The molecule has 338 valence electrons. The summed E-state index contributed by atoms with van der Waals surface area (Å²) in [7, 11) is 2.97. The lowest BCUT2D eigenvalue weighted by Crippen LogP contribution is -2.54. The molecule has 4 aliphatic rings. The normalized spacial score (nSPS) is 22.7. The number of likely N-dealkylation sites (tertiary alicyclic amines) is 2. The van der Waals surface area contributed by atoms with E-state index >= 15 is 0 Å². The van der Waals surface area contributed by atoms with Gasteiger partial charge in [-0.15, -0.1) is 0 Å². The fraction of sp³-hybridized carbons (Fsp3) is 0.500. The van der Waals surface area contributed by atoms with E-state index in [1.165, 1.54) is 14.1 Å². The Kier molecular flexibility index (Phi) is 13.4. The molecule has 6 heterocycles. The van der Waals surface area contributed by atoms with Crippen LogP contribution >= 0.6 is 0 Å². The Morgan fingerprint density at radius 1 is 0.609 bits per heavy atom. The van der Waals surface area contributed by atoms with Gasteiger partial charge in [0.2, 0.25) is 11.8 Å². The van der Waals surface area contributed by atoms with Crippen LogP contribution in [0.1, 0.15) is 100 Å². The quantitative estimate of drug-likeness (QED) is 0.123. The van der Waals surface area contributed by atoms with E-state index in [1.807, 2.05) is 84.6 Å². The SMILES string of the molecule is C[C@H]1CC[C@@H](c2nc(-c3ccc(C#Cc4ccc(-c5c[nH]c([C@@H]6CC[C@H](C)N6C(=O)[C@H](C6CCOCC6)N(C)C(=O)O)n5)cc4)cc3)c[nH]2)N1C(=O)[C@H](C1CCOCC1)N(C)C(=O)O. The lowest BCUT2D eigenvalue weighted by molar-refractivity contribution is -0.143. The van der Waals surface area contributed by atoms with E-state index in [1.54, 1.807) is 0 Å². The van der Waals surface area contributed by atoms with Crippen LogP contribution in [0, 0.1) is 23.7 Å². The maximum atomic E-state index is 14.2. The number of nitrogens with zero attached hydrogens (tertiary/aromatic N) is 6. The minimum absolute atomic E-state index is 0.0592. The predicted molar refractivity (Wildman–Crippen MR) is 237 cm³/mol. The Morgan fingerprint density at radius 3 is 1.31 bits per heavy atom. The number of carbonyl (C=O) groups is 4. The standard InChI is InChI=1S/C48H58N8O8/c1-29-5-17-39(55(29)45(57)41(53(3)47(59)60)35-19-23-63-24-20-35)43-49-27-37(51-43)33-13-9-31(10-14-33)7-8-32-11-15-34(16-12-32)38-28-50-44(52-38)40-18-6-30(2)56(40)46(58)42(54(4)48(61)62)36-21-25-64-26-22-36/h9-16,27-30,35-36,39-42H,5-6,17-26H2,1-4H3,(H,49,51)(H,50,52)(H,59,60)(H,61,62)/t29-,30-,39-,40-,41-,42-/m0/s1. The number of aromatic amines is 2. The summed E-state index contributed by atoms with van der Waals surface area (Å²) in [6.07, 6.45) is 7.02. The molecule has 4 N–H and O–H groups in total. The Balaban J connectivity index is 0.913. The molecule has 16 heteroatoms. The van der Waals surface area contributed by atoms with Crippen molar-refractivity contribution >= 4 is 24.0 Å². The summed E-state index contributed by atoms with van der Waals surface area (Å²) < 4.78 is 11.0. The number of imidazole rings is 2. The van der Waals surface area contributed by atoms with E-state index in [0.29, 0.717) is 63.8 Å². The van der Waals surface area contributed by atoms with Gasteiger partial charge in [-0.05, 0) is 101 Å². The zero-order valence-corrected chi connectivity index (χ0v) is 36.9. The smallest absolute Gasteiger partial charge is 0.407 e. The van der Waals surface area contributed by atoms with Crippen molar-refractivity contribution in [3.05, 3.63) is 83.7 Å². The average molecular weight is 875 g/mol. The number of hydrogen-bond donors (Lipinski definition) is 4. The Morgan fingerprint density at radius 2 is 0.969 bits per heavy atom. The minimum Gasteiger partial charge on any atom is -0.465 e. The Bertz CT molecular complexity index is 2200. The van der Waals surface area contributed by atoms with Gasteiger partial charge >= 0.3 is 12.2 Å². The zero-order chi connectivity index (χ0) is 45.1. The molecular weight excluding hydrogens is 817 g/mol. The molecule has 0 radical (unpaired) electrons. The molecule has 0 saturated carbocycles. The second kappa shape index (κ2) is 19.3. The maximum absolute atomic E-state index is 14.2. The van der Waals surface area contributed by atoms with Gasteiger partial charge in [0.25, 0.3) is 0 Å². The highest BCUT2D eigenvalue weighted by molar-refractivity contribution is 5.87. The van der Waals surface area contributed by atoms with E-state index in [0.717, 1.165) is 69.1 Å². The van der Waals surface area contributed by atoms with E-state index < -0.39 is 24.3 Å². The van der Waals surface area contributed by atoms with Crippen molar-refractivity contribution < 1.29 is 38.9 Å². The predicted octanol–water partition coefficient (Wildman–Crippen LogP) is 6.78. The zero-order valence-electron chi connectivity index (χ0n) is 36.9. The van der Waals surface area contributed by atoms with Crippen molar-refractivity contribution in [1.29, 1.82) is 0 Å². The second-order valence-corrected chi connectivity index (χ2v) is 17.7. The number of carboxylic acid groups (broad SMARTS) is 2. The summed E-state index contributed by atoms with van der Waals surface area (Å²) in [4.78, 5) is 75.1. The van der Waals surface area contributed by atoms with E-state index in [2.05, 4.69) is 21.8 Å².